The molecule has 2 aliphatic heterocycles. The van der Waals surface area contributed by atoms with E-state index in [9.17, 15) is 14.7 Å². The summed E-state index contributed by atoms with van der Waals surface area (Å²) in [5.41, 5.74) is 1.16. The normalized spacial score (nSPS) is 19.5. The third-order valence-corrected chi connectivity index (χ3v) is 6.82. The lowest BCUT2D eigenvalue weighted by atomic mass is 9.95. The van der Waals surface area contributed by atoms with Gasteiger partial charge in [0.1, 0.15) is 23.0 Å². The SMILES string of the molecule is COc1ccc(C(O)=C2C(=O)C(=O)N(CCN3CCOCC3)C2c2cccc(Oc3ccccc3)c2)cc1. The summed E-state index contributed by atoms with van der Waals surface area (Å²) < 4.78 is 16.7. The second-order valence-electron chi connectivity index (χ2n) is 9.16. The van der Waals surface area contributed by atoms with Crippen molar-refractivity contribution in [3.63, 3.8) is 0 Å². The molecule has 1 amide bonds. The van der Waals surface area contributed by atoms with E-state index in [-0.39, 0.29) is 11.3 Å². The number of likely N-dealkylation sites (tertiary alicyclic amines) is 1. The molecule has 2 heterocycles. The third kappa shape index (κ3) is 5.41. The van der Waals surface area contributed by atoms with Crippen LogP contribution in [0.4, 0.5) is 0 Å². The van der Waals surface area contributed by atoms with Gasteiger partial charge in [-0.2, -0.15) is 0 Å². The lowest BCUT2D eigenvalue weighted by Gasteiger charge is -2.31. The lowest BCUT2D eigenvalue weighted by molar-refractivity contribution is -0.140. The molecule has 2 saturated heterocycles. The molecule has 0 aromatic heterocycles. The number of aliphatic hydroxyl groups is 1. The van der Waals surface area contributed by atoms with Crippen molar-refractivity contribution in [2.45, 2.75) is 6.04 Å². The van der Waals surface area contributed by atoms with Crippen LogP contribution in [0, 0.1) is 0 Å². The van der Waals surface area contributed by atoms with Gasteiger partial charge in [-0.25, -0.2) is 0 Å². The van der Waals surface area contributed by atoms with Crippen LogP contribution in [0.15, 0.2) is 84.4 Å². The first-order valence-corrected chi connectivity index (χ1v) is 12.6. The van der Waals surface area contributed by atoms with Gasteiger partial charge in [0.25, 0.3) is 11.7 Å². The largest absolute Gasteiger partial charge is 0.507 e. The topological polar surface area (TPSA) is 88.5 Å². The Morgan fingerprint density at radius 2 is 1.61 bits per heavy atom. The van der Waals surface area contributed by atoms with Crippen LogP contribution < -0.4 is 9.47 Å². The zero-order valence-corrected chi connectivity index (χ0v) is 21.2. The van der Waals surface area contributed by atoms with Crippen LogP contribution in [0.5, 0.6) is 17.2 Å². The first-order chi connectivity index (χ1) is 18.5. The van der Waals surface area contributed by atoms with E-state index >= 15 is 0 Å². The molecule has 8 nitrogen and oxygen atoms in total. The van der Waals surface area contributed by atoms with Crippen LogP contribution >= 0.6 is 0 Å². The van der Waals surface area contributed by atoms with Crippen molar-refractivity contribution >= 4 is 17.4 Å². The van der Waals surface area contributed by atoms with Gasteiger partial charge in [0, 0.05) is 31.7 Å². The number of benzene rings is 3. The van der Waals surface area contributed by atoms with Crippen molar-refractivity contribution in [3.8, 4) is 17.2 Å². The Hall–Kier alpha value is -4.14. The molecule has 3 aromatic rings. The quantitative estimate of drug-likeness (QED) is 0.273. The predicted octanol–water partition coefficient (Wildman–Crippen LogP) is 4.24. The molecule has 2 aliphatic rings. The number of ketones is 1. The number of carbonyl (C=O) groups excluding carboxylic acids is 2. The molecule has 0 spiro atoms. The number of Topliss-reactive ketones (excluding diaryl/α,β-unsaturated/α-hetero) is 1. The minimum atomic E-state index is -0.766. The maximum atomic E-state index is 13.4. The highest BCUT2D eigenvalue weighted by Gasteiger charge is 2.46. The van der Waals surface area contributed by atoms with E-state index in [1.807, 2.05) is 54.6 Å². The Kier molecular flexibility index (Phi) is 7.72. The molecule has 0 saturated carbocycles. The zero-order valence-electron chi connectivity index (χ0n) is 21.2. The summed E-state index contributed by atoms with van der Waals surface area (Å²) in [6, 6.07) is 22.6. The number of nitrogens with zero attached hydrogens (tertiary/aromatic N) is 2. The minimum Gasteiger partial charge on any atom is -0.507 e. The van der Waals surface area contributed by atoms with Gasteiger partial charge in [-0.05, 0) is 54.1 Å². The molecule has 196 valence electrons. The van der Waals surface area contributed by atoms with Crippen molar-refractivity contribution in [3.05, 3.63) is 95.6 Å². The predicted molar refractivity (Wildman–Crippen MR) is 142 cm³/mol. The van der Waals surface area contributed by atoms with Crippen LogP contribution in [-0.2, 0) is 14.3 Å². The molecule has 0 radical (unpaired) electrons. The zero-order chi connectivity index (χ0) is 26.5. The Bertz CT molecular complexity index is 1320. The van der Waals surface area contributed by atoms with Crippen LogP contribution in [0.3, 0.4) is 0 Å². The summed E-state index contributed by atoms with van der Waals surface area (Å²) in [6.45, 7) is 3.73. The summed E-state index contributed by atoms with van der Waals surface area (Å²) in [5, 5.41) is 11.3. The summed E-state index contributed by atoms with van der Waals surface area (Å²) in [4.78, 5) is 30.4. The fourth-order valence-corrected chi connectivity index (χ4v) is 4.81. The van der Waals surface area contributed by atoms with Crippen molar-refractivity contribution in [1.29, 1.82) is 0 Å². The second-order valence-corrected chi connectivity index (χ2v) is 9.16. The average Bonchev–Trinajstić information content (AvgIpc) is 3.22. The lowest BCUT2D eigenvalue weighted by Crippen LogP contribution is -2.42. The van der Waals surface area contributed by atoms with E-state index in [4.69, 9.17) is 14.2 Å². The van der Waals surface area contributed by atoms with Gasteiger partial charge < -0.3 is 24.2 Å². The van der Waals surface area contributed by atoms with E-state index in [1.54, 1.807) is 36.3 Å². The molecule has 5 rings (SSSR count). The average molecular weight is 515 g/mol. The molecule has 8 heteroatoms. The number of amides is 1. The van der Waals surface area contributed by atoms with Crippen LogP contribution in [0.1, 0.15) is 17.2 Å². The first kappa shape index (κ1) is 25.5. The van der Waals surface area contributed by atoms with Crippen molar-refractivity contribution in [2.24, 2.45) is 0 Å². The van der Waals surface area contributed by atoms with E-state index in [0.717, 1.165) is 13.1 Å². The number of para-hydroxylation sites is 1. The van der Waals surface area contributed by atoms with Gasteiger partial charge in [0.2, 0.25) is 0 Å². The number of aliphatic hydroxyl groups excluding tert-OH is 1. The van der Waals surface area contributed by atoms with Crippen molar-refractivity contribution in [2.75, 3.05) is 46.5 Å². The van der Waals surface area contributed by atoms with Gasteiger partial charge in [-0.3, -0.25) is 14.5 Å². The molecule has 1 atom stereocenters. The van der Waals surface area contributed by atoms with E-state index in [1.165, 1.54) is 0 Å². The molecule has 2 fully saturated rings. The number of rotatable bonds is 8. The monoisotopic (exact) mass is 514 g/mol. The number of methoxy groups -OCH3 is 1. The molecule has 1 unspecified atom stereocenters. The molecular weight excluding hydrogens is 484 g/mol. The van der Waals surface area contributed by atoms with Crippen molar-refractivity contribution < 1.29 is 28.9 Å². The Labute approximate surface area is 221 Å². The molecular formula is C30H30N2O6. The van der Waals surface area contributed by atoms with Crippen LogP contribution in [0.2, 0.25) is 0 Å². The summed E-state index contributed by atoms with van der Waals surface area (Å²) in [7, 11) is 1.55. The maximum absolute atomic E-state index is 13.4. The van der Waals surface area contributed by atoms with Gasteiger partial charge in [0.15, 0.2) is 0 Å². The summed E-state index contributed by atoms with van der Waals surface area (Å²) in [6.07, 6.45) is 0. The van der Waals surface area contributed by atoms with Gasteiger partial charge in [-0.1, -0.05) is 30.3 Å². The number of hydrogen-bond donors (Lipinski definition) is 1. The molecule has 1 N–H and O–H groups in total. The Morgan fingerprint density at radius 3 is 2.32 bits per heavy atom. The summed E-state index contributed by atoms with van der Waals surface area (Å²) in [5.74, 6) is 0.294. The highest BCUT2D eigenvalue weighted by Crippen LogP contribution is 2.40. The third-order valence-electron chi connectivity index (χ3n) is 6.82. The van der Waals surface area contributed by atoms with Crippen LogP contribution in [0.25, 0.3) is 5.76 Å². The Balaban J connectivity index is 1.53. The highest BCUT2D eigenvalue weighted by atomic mass is 16.5. The molecule has 3 aromatic carbocycles. The fraction of sp³-hybridized carbons (Fsp3) is 0.267. The first-order valence-electron chi connectivity index (χ1n) is 12.6. The number of carbonyl (C=O) groups is 2. The molecule has 38 heavy (non-hydrogen) atoms. The fourth-order valence-electron chi connectivity index (χ4n) is 4.81. The van der Waals surface area contributed by atoms with Gasteiger partial charge in [0.05, 0.1) is 31.9 Å². The minimum absolute atomic E-state index is 0.0546. The number of ether oxygens (including phenoxy) is 3. The highest BCUT2D eigenvalue weighted by molar-refractivity contribution is 6.46. The standard InChI is InChI=1S/C30H30N2O6/c1-36-23-12-10-21(11-13-23)28(33)26-27(22-6-5-9-25(20-22)38-24-7-3-2-4-8-24)32(30(35)29(26)34)15-14-31-16-18-37-19-17-31/h2-13,20,27,33H,14-19H2,1H3. The molecule has 0 aliphatic carbocycles. The van der Waals surface area contributed by atoms with E-state index in [2.05, 4.69) is 4.90 Å². The van der Waals surface area contributed by atoms with Crippen molar-refractivity contribution in [1.82, 2.24) is 9.80 Å². The van der Waals surface area contributed by atoms with E-state index < -0.39 is 17.7 Å². The van der Waals surface area contributed by atoms with Gasteiger partial charge in [-0.15, -0.1) is 0 Å². The maximum Gasteiger partial charge on any atom is 0.295 e. The Morgan fingerprint density at radius 1 is 0.895 bits per heavy atom. The van der Waals surface area contributed by atoms with Gasteiger partial charge >= 0.3 is 0 Å². The van der Waals surface area contributed by atoms with E-state index in [0.29, 0.717) is 54.7 Å². The second kappa shape index (κ2) is 11.5. The summed E-state index contributed by atoms with van der Waals surface area (Å²) >= 11 is 0. The molecule has 0 bridgehead atoms. The smallest absolute Gasteiger partial charge is 0.295 e. The number of morpholine rings is 1. The number of hydrogen-bond acceptors (Lipinski definition) is 7. The van der Waals surface area contributed by atoms with Crippen LogP contribution in [-0.4, -0.2) is 73.1 Å².